The highest BCUT2D eigenvalue weighted by atomic mass is 16.4. The molecular weight excluding hydrogens is 324 g/mol. The number of hydrogen-bond donors (Lipinski definition) is 3. The third-order valence-electron chi connectivity index (χ3n) is 4.93. The Hall–Kier alpha value is -2.57. The van der Waals surface area contributed by atoms with Crippen LogP contribution in [-0.4, -0.2) is 30.8 Å². The average molecular weight is 346 g/mol. The second-order valence-corrected chi connectivity index (χ2v) is 6.67. The van der Waals surface area contributed by atoms with Crippen LogP contribution < -0.4 is 5.69 Å². The van der Waals surface area contributed by atoms with Gasteiger partial charge in [-0.2, -0.15) is 4.98 Å². The molecule has 1 aliphatic rings. The number of aliphatic carboxylic acids is 1. The van der Waals surface area contributed by atoms with E-state index >= 15 is 0 Å². The van der Waals surface area contributed by atoms with E-state index < -0.39 is 11.7 Å². The second-order valence-electron chi connectivity index (χ2n) is 6.67. The normalized spacial score (nSPS) is 15.5. The van der Waals surface area contributed by atoms with Crippen LogP contribution in [0.5, 0.6) is 11.5 Å². The Morgan fingerprint density at radius 3 is 2.60 bits per heavy atom. The maximum Gasteiger partial charge on any atom is 0.348 e. The summed E-state index contributed by atoms with van der Waals surface area (Å²) in [5.41, 5.74) is 0.360. The van der Waals surface area contributed by atoms with Crippen molar-refractivity contribution in [1.29, 1.82) is 0 Å². The molecule has 2 aromatic rings. The number of nitrogens with zero attached hydrogens (tertiary/aromatic N) is 2. The van der Waals surface area contributed by atoms with Gasteiger partial charge in [-0.25, -0.2) is 4.79 Å². The van der Waals surface area contributed by atoms with Gasteiger partial charge in [-0.05, 0) is 24.5 Å². The molecule has 7 nitrogen and oxygen atoms in total. The highest BCUT2D eigenvalue weighted by Crippen LogP contribution is 2.36. The summed E-state index contributed by atoms with van der Waals surface area (Å²) in [6, 6.07) is 2.83. The van der Waals surface area contributed by atoms with Crippen LogP contribution >= 0.6 is 0 Å². The fraction of sp³-hybridized carbons (Fsp3) is 0.500. The van der Waals surface area contributed by atoms with Crippen LogP contribution in [0.4, 0.5) is 0 Å². The number of phenolic OH excluding ortho intramolecular Hbond substituents is 2. The van der Waals surface area contributed by atoms with Gasteiger partial charge in [0.05, 0.1) is 23.0 Å². The van der Waals surface area contributed by atoms with Gasteiger partial charge in [0.15, 0.2) is 11.5 Å². The summed E-state index contributed by atoms with van der Waals surface area (Å²) in [4.78, 5) is 27.4. The van der Waals surface area contributed by atoms with Gasteiger partial charge in [0.2, 0.25) is 0 Å². The highest BCUT2D eigenvalue weighted by molar-refractivity contribution is 5.90. The molecular formula is C18H22N2O5. The van der Waals surface area contributed by atoms with Gasteiger partial charge >= 0.3 is 11.7 Å². The van der Waals surface area contributed by atoms with Crippen LogP contribution in [0.3, 0.4) is 0 Å². The molecule has 1 heterocycles. The molecule has 1 saturated carbocycles. The summed E-state index contributed by atoms with van der Waals surface area (Å²) in [7, 11) is 0. The van der Waals surface area contributed by atoms with Crippen molar-refractivity contribution in [2.24, 2.45) is 5.92 Å². The second kappa shape index (κ2) is 7.13. The van der Waals surface area contributed by atoms with E-state index in [0.29, 0.717) is 28.9 Å². The highest BCUT2D eigenvalue weighted by Gasteiger charge is 2.21. The van der Waals surface area contributed by atoms with Gasteiger partial charge in [0.25, 0.3) is 0 Å². The van der Waals surface area contributed by atoms with Crippen molar-refractivity contribution in [2.75, 3.05) is 0 Å². The Labute approximate surface area is 144 Å². The molecule has 0 amide bonds. The number of carboxylic acid groups (broad SMARTS) is 1. The number of aromatic hydroxyl groups is 2. The van der Waals surface area contributed by atoms with Gasteiger partial charge in [-0.3, -0.25) is 9.36 Å². The summed E-state index contributed by atoms with van der Waals surface area (Å²) < 4.78 is 1.24. The Morgan fingerprint density at radius 1 is 1.20 bits per heavy atom. The molecule has 134 valence electrons. The van der Waals surface area contributed by atoms with Crippen LogP contribution in [-0.2, 0) is 17.8 Å². The number of carbonyl (C=O) groups is 1. The first kappa shape index (κ1) is 17.3. The summed E-state index contributed by atoms with van der Waals surface area (Å²) >= 11 is 0. The lowest BCUT2D eigenvalue weighted by Gasteiger charge is -2.22. The molecule has 0 unspecified atom stereocenters. The van der Waals surface area contributed by atoms with Crippen LogP contribution in [0.2, 0.25) is 0 Å². The molecule has 1 aromatic carbocycles. The molecule has 25 heavy (non-hydrogen) atoms. The van der Waals surface area contributed by atoms with Crippen molar-refractivity contribution in [2.45, 2.75) is 51.5 Å². The van der Waals surface area contributed by atoms with E-state index in [1.165, 1.54) is 23.1 Å². The molecule has 1 aromatic heterocycles. The van der Waals surface area contributed by atoms with Crippen LogP contribution in [0, 0.1) is 5.92 Å². The minimum atomic E-state index is -1.02. The largest absolute Gasteiger partial charge is 0.504 e. The van der Waals surface area contributed by atoms with Crippen molar-refractivity contribution in [3.63, 3.8) is 0 Å². The molecule has 3 N–H and O–H groups in total. The Balaban J connectivity index is 2.10. The fourth-order valence-electron chi connectivity index (χ4n) is 3.65. The summed E-state index contributed by atoms with van der Waals surface area (Å²) in [5.74, 6) is -1.20. The Bertz CT molecular complexity index is 853. The van der Waals surface area contributed by atoms with E-state index in [4.69, 9.17) is 5.11 Å². The molecule has 1 aliphatic carbocycles. The predicted molar refractivity (Wildman–Crippen MR) is 91.9 cm³/mol. The zero-order chi connectivity index (χ0) is 18.0. The van der Waals surface area contributed by atoms with Crippen molar-refractivity contribution in [1.82, 2.24) is 9.55 Å². The number of aromatic nitrogens is 2. The zero-order valence-electron chi connectivity index (χ0n) is 13.9. The van der Waals surface area contributed by atoms with Gasteiger partial charge in [-0.1, -0.05) is 32.1 Å². The molecule has 0 bridgehead atoms. The summed E-state index contributed by atoms with van der Waals surface area (Å²) in [5, 5.41) is 29.4. The van der Waals surface area contributed by atoms with Gasteiger partial charge in [0, 0.05) is 6.54 Å². The van der Waals surface area contributed by atoms with Crippen molar-refractivity contribution < 1.29 is 20.1 Å². The zero-order valence-corrected chi connectivity index (χ0v) is 13.9. The number of carboxylic acids is 1. The molecule has 0 aliphatic heterocycles. The van der Waals surface area contributed by atoms with Crippen molar-refractivity contribution in [3.8, 4) is 11.5 Å². The predicted octanol–water partition coefficient (Wildman–Crippen LogP) is 2.41. The van der Waals surface area contributed by atoms with Crippen LogP contribution in [0.25, 0.3) is 10.9 Å². The van der Waals surface area contributed by atoms with E-state index in [1.807, 2.05) is 0 Å². The Kier molecular flexibility index (Phi) is 4.92. The van der Waals surface area contributed by atoms with E-state index in [-0.39, 0.29) is 24.5 Å². The van der Waals surface area contributed by atoms with E-state index in [1.54, 1.807) is 0 Å². The third-order valence-corrected chi connectivity index (χ3v) is 4.93. The summed E-state index contributed by atoms with van der Waals surface area (Å²) in [6.45, 7) is -0.0361. The minimum Gasteiger partial charge on any atom is -0.504 e. The molecule has 0 atom stereocenters. The van der Waals surface area contributed by atoms with Gasteiger partial charge in [0.1, 0.15) is 0 Å². The Morgan fingerprint density at radius 2 is 1.92 bits per heavy atom. The topological polar surface area (TPSA) is 113 Å². The lowest BCUT2D eigenvalue weighted by molar-refractivity contribution is -0.137. The van der Waals surface area contributed by atoms with Crippen molar-refractivity contribution in [3.05, 3.63) is 28.3 Å². The molecule has 0 saturated heterocycles. The summed E-state index contributed by atoms with van der Waals surface area (Å²) in [6.07, 6.45) is 5.98. The number of fused-ring (bicyclic) bond motifs is 1. The standard InChI is InChI=1S/C18H22N2O5/c21-14-7-6-13-16(17(14)24)12(10-11-4-2-1-3-5-11)19-18(25)20(13)9-8-15(22)23/h6-7,11,21,24H,1-5,8-10H2,(H,22,23). The lowest BCUT2D eigenvalue weighted by Crippen LogP contribution is -2.27. The van der Waals surface area contributed by atoms with Crippen LogP contribution in [0.1, 0.15) is 44.2 Å². The maximum atomic E-state index is 12.4. The number of phenols is 2. The maximum absolute atomic E-state index is 12.4. The molecule has 3 rings (SSSR count). The quantitative estimate of drug-likeness (QED) is 0.717. The molecule has 1 fully saturated rings. The smallest absolute Gasteiger partial charge is 0.348 e. The number of aryl methyl sites for hydroxylation is 1. The van der Waals surface area contributed by atoms with E-state index in [2.05, 4.69) is 4.98 Å². The van der Waals surface area contributed by atoms with Gasteiger partial charge < -0.3 is 15.3 Å². The number of rotatable bonds is 5. The number of benzene rings is 1. The third kappa shape index (κ3) is 3.60. The van der Waals surface area contributed by atoms with E-state index in [0.717, 1.165) is 25.7 Å². The lowest BCUT2D eigenvalue weighted by atomic mass is 9.85. The van der Waals surface area contributed by atoms with Crippen molar-refractivity contribution >= 4 is 16.9 Å². The minimum absolute atomic E-state index is 0.0361. The molecule has 0 spiro atoms. The van der Waals surface area contributed by atoms with E-state index in [9.17, 15) is 19.8 Å². The number of hydrogen-bond acceptors (Lipinski definition) is 5. The van der Waals surface area contributed by atoms with Gasteiger partial charge in [-0.15, -0.1) is 0 Å². The average Bonchev–Trinajstić information content (AvgIpc) is 2.58. The first-order valence-electron chi connectivity index (χ1n) is 8.63. The molecule has 7 heteroatoms. The molecule has 0 radical (unpaired) electrons. The fourth-order valence-corrected chi connectivity index (χ4v) is 3.65. The monoisotopic (exact) mass is 346 g/mol. The first-order valence-corrected chi connectivity index (χ1v) is 8.63. The SMILES string of the molecule is O=C(O)CCn1c(=O)nc(CC2CCCCC2)c2c(O)c(O)ccc21. The first-order chi connectivity index (χ1) is 12.0. The van der Waals surface area contributed by atoms with Crippen LogP contribution in [0.15, 0.2) is 16.9 Å².